The molecule has 132 heavy (non-hydrogen) atoms. The molecule has 0 atom stereocenters. The lowest BCUT2D eigenvalue weighted by Gasteiger charge is -2.21. The molecule has 1 aliphatic carbocycles. The van der Waals surface area contributed by atoms with Crippen molar-refractivity contribution in [3.63, 3.8) is 0 Å². The summed E-state index contributed by atoms with van der Waals surface area (Å²) in [4.78, 5) is 20.6. The van der Waals surface area contributed by atoms with E-state index in [1.807, 2.05) is 42.5 Å². The van der Waals surface area contributed by atoms with Gasteiger partial charge in [0, 0.05) is 93.4 Å². The lowest BCUT2D eigenvalue weighted by Crippen LogP contribution is -2.14. The molecule has 7 heterocycles. The van der Waals surface area contributed by atoms with Gasteiger partial charge in [-0.1, -0.05) is 354 Å². The van der Waals surface area contributed by atoms with Gasteiger partial charge < -0.3 is 13.6 Å². The highest BCUT2D eigenvalue weighted by atomic mass is 16.3. The van der Waals surface area contributed by atoms with Gasteiger partial charge in [-0.2, -0.15) is 0 Å². The Morgan fingerprint density at radius 3 is 1.30 bits per heavy atom. The Bertz CT molecular complexity index is 8920. The van der Waals surface area contributed by atoms with Crippen LogP contribution in [0.25, 0.3) is 233 Å². The fourth-order valence-corrected chi connectivity index (χ4v) is 20.5. The number of hydrogen-bond donors (Lipinski definition) is 0. The first-order valence-electron chi connectivity index (χ1n) is 45.1. The van der Waals surface area contributed by atoms with E-state index in [1.165, 1.54) is 121 Å². The van der Waals surface area contributed by atoms with Crippen LogP contribution in [0.15, 0.2) is 465 Å². The van der Waals surface area contributed by atoms with E-state index in [0.717, 1.165) is 117 Å². The first-order valence-corrected chi connectivity index (χ1v) is 45.1. The minimum absolute atomic E-state index is 0.0564. The summed E-state index contributed by atoms with van der Waals surface area (Å²) in [5.74, 6) is 2.25. The van der Waals surface area contributed by atoms with Crippen LogP contribution in [0, 0.1) is 0 Å². The average Bonchev–Trinajstić information content (AvgIpc) is 1.55. The Kier molecular flexibility index (Phi) is 18.4. The molecule has 0 radical (unpaired) electrons. The lowest BCUT2D eigenvalue weighted by atomic mass is 9.82. The third-order valence-electron chi connectivity index (χ3n) is 26.7. The number of hydrogen-bond acceptors (Lipinski definition) is 5. The van der Waals surface area contributed by atoms with Crippen LogP contribution in [-0.4, -0.2) is 38.2 Å². The van der Waals surface area contributed by atoms with E-state index in [-0.39, 0.29) is 5.41 Å². The molecule has 0 saturated carbocycles. The largest absolute Gasteiger partial charge is 0.455 e. The van der Waals surface area contributed by atoms with Gasteiger partial charge in [-0.3, -0.25) is 9.13 Å². The van der Waals surface area contributed by atoms with Gasteiger partial charge in [0.15, 0.2) is 5.82 Å². The predicted octanol–water partition coefficient (Wildman–Crippen LogP) is 32.1. The van der Waals surface area contributed by atoms with Crippen molar-refractivity contribution in [2.75, 3.05) is 0 Å². The summed E-state index contributed by atoms with van der Waals surface area (Å²) >= 11 is 0. The summed E-state index contributed by atoms with van der Waals surface area (Å²) in [7, 11) is 0. The van der Waals surface area contributed by atoms with Gasteiger partial charge in [0.2, 0.25) is 5.95 Å². The first-order chi connectivity index (χ1) is 65.2. The number of fused-ring (bicyclic) bond motifs is 20. The molecule has 0 aliphatic heterocycles. The van der Waals surface area contributed by atoms with Crippen LogP contribution < -0.4 is 0 Å². The number of aromatic nitrogens is 8. The van der Waals surface area contributed by atoms with Crippen LogP contribution in [-0.2, 0) is 5.41 Å². The van der Waals surface area contributed by atoms with E-state index in [4.69, 9.17) is 24.4 Å². The summed E-state index contributed by atoms with van der Waals surface area (Å²) in [6, 6.07) is 164. The third-order valence-corrected chi connectivity index (χ3v) is 26.7. The third kappa shape index (κ3) is 13.0. The maximum Gasteiger partial charge on any atom is 0.235 e. The van der Waals surface area contributed by atoms with Crippen LogP contribution in [0.4, 0.5) is 0 Å². The molecule has 0 fully saturated rings. The van der Waals surface area contributed by atoms with Crippen LogP contribution >= 0.6 is 0 Å². The van der Waals surface area contributed by atoms with E-state index in [2.05, 4.69) is 451 Å². The molecule has 620 valence electrons. The average molecular weight is 1690 g/mol. The molecule has 27 rings (SSSR count). The molecule has 9 nitrogen and oxygen atoms in total. The number of benzene rings is 19. The Morgan fingerprint density at radius 2 is 0.674 bits per heavy atom. The van der Waals surface area contributed by atoms with Crippen molar-refractivity contribution in [2.24, 2.45) is 0 Å². The zero-order chi connectivity index (χ0) is 87.5. The van der Waals surface area contributed by atoms with E-state index in [0.29, 0.717) is 5.95 Å². The van der Waals surface area contributed by atoms with Crippen molar-refractivity contribution in [1.29, 1.82) is 0 Å². The van der Waals surface area contributed by atoms with Gasteiger partial charge in [-0.05, 0) is 182 Å². The molecule has 0 spiro atoms. The fraction of sp³-hybridized carbons (Fsp3) is 0.0244. The highest BCUT2D eigenvalue weighted by Gasteiger charge is 2.37. The Hall–Kier alpha value is -17.4. The smallest absolute Gasteiger partial charge is 0.235 e. The Morgan fingerprint density at radius 1 is 0.227 bits per heavy atom. The Labute approximate surface area is 761 Å². The standard InChI is InChI=1S/C50H32N4.C37H27N3.C36H23NO/c1-3-14-33(15-4-1)35-18-13-19-38(30-35)53-45-24-11-8-20-39(45)42-31-36(26-28-47(42)53)37-27-29-48-43(32-37)40-21-9-12-25-46(40)54(48)50-51-44-23-10-7-22-41(44)49(52-50)34-16-5-2-6-17-34;1-37(2)30-19-11-9-17-26(30)28-22-34-29(21-31(28)37)27-18-10-12-20-33(27)40(34)35-23-32(24-13-5-3-6-14-24)38-36(39-35)25-15-7-4-8-16-25;1-3-11-24(12-4-1)26-21-27(25-13-5-2-6-14-25)23-28(22-26)37-32-17-9-7-16-31(32)35-33(37)20-19-30-29-15-8-10-18-34(29)38-36(30)35/h1-32H;3-23H,1-2H3;1-23H. The molecule has 0 bridgehead atoms. The van der Waals surface area contributed by atoms with Crippen molar-refractivity contribution >= 4 is 120 Å². The predicted molar refractivity (Wildman–Crippen MR) is 548 cm³/mol. The minimum Gasteiger partial charge on any atom is -0.455 e. The lowest BCUT2D eigenvalue weighted by molar-refractivity contribution is 0.661. The molecule has 1 aliphatic rings. The van der Waals surface area contributed by atoms with Crippen molar-refractivity contribution in [3.8, 4) is 113 Å². The zero-order valence-electron chi connectivity index (χ0n) is 72.4. The van der Waals surface area contributed by atoms with Gasteiger partial charge in [0.1, 0.15) is 17.0 Å². The molecule has 0 N–H and O–H groups in total. The number of rotatable bonds is 11. The van der Waals surface area contributed by atoms with Crippen LogP contribution in [0.3, 0.4) is 0 Å². The van der Waals surface area contributed by atoms with Gasteiger partial charge in [-0.15, -0.1) is 0 Å². The molecule has 0 saturated heterocycles. The van der Waals surface area contributed by atoms with Crippen LogP contribution in [0.1, 0.15) is 25.0 Å². The summed E-state index contributed by atoms with van der Waals surface area (Å²) in [6.07, 6.45) is 0. The highest BCUT2D eigenvalue weighted by Crippen LogP contribution is 2.52. The summed E-state index contributed by atoms with van der Waals surface area (Å²) < 4.78 is 15.8. The topological polar surface area (TPSA) is 84.4 Å². The second-order valence-corrected chi connectivity index (χ2v) is 34.7. The van der Waals surface area contributed by atoms with Gasteiger partial charge >= 0.3 is 0 Å². The maximum atomic E-state index is 6.50. The molecule has 7 aromatic heterocycles. The molecule has 26 aromatic rings. The first kappa shape index (κ1) is 77.0. The highest BCUT2D eigenvalue weighted by molar-refractivity contribution is 6.24. The number of nitrogens with zero attached hydrogens (tertiary/aromatic N) is 8. The zero-order valence-corrected chi connectivity index (χ0v) is 72.4. The second kappa shape index (κ2) is 31.6. The molecule has 19 aromatic carbocycles. The molecular formula is C123H82N8O. The molecule has 9 heteroatoms. The summed E-state index contributed by atoms with van der Waals surface area (Å²) in [6.45, 7) is 4.68. The van der Waals surface area contributed by atoms with Crippen molar-refractivity contribution in [2.45, 2.75) is 19.3 Å². The van der Waals surface area contributed by atoms with E-state index in [9.17, 15) is 0 Å². The number of para-hydroxylation sites is 6. The summed E-state index contributed by atoms with van der Waals surface area (Å²) in [5.41, 5.74) is 34.0. The van der Waals surface area contributed by atoms with Crippen molar-refractivity contribution in [1.82, 2.24) is 38.2 Å². The quantitative estimate of drug-likeness (QED) is 0.129. The molecular weight excluding hydrogens is 1610 g/mol. The molecule has 0 unspecified atom stereocenters. The van der Waals surface area contributed by atoms with Crippen molar-refractivity contribution in [3.05, 3.63) is 472 Å². The summed E-state index contributed by atoms with van der Waals surface area (Å²) in [5, 5.41) is 13.0. The van der Waals surface area contributed by atoms with E-state index in [1.54, 1.807) is 0 Å². The minimum atomic E-state index is -0.0564. The SMILES string of the molecule is CC1(C)c2ccccc2-c2cc3c(cc21)c1ccccc1n3-c1cc(-c2ccccc2)nc(-c2ccccc2)n1.c1ccc(-c2cc(-c3ccccc3)cc(-n3c4ccccc4c4c5oc6ccccc6c5ccc43)c2)cc1.c1ccc(-c2cccc(-n3c4ccccc4c4cc(-c5ccc6c(c5)c5ccccc5n6-c5nc(-c6ccccc6)c6ccccc6n5)ccc43)c2)cc1. The fourth-order valence-electron chi connectivity index (χ4n) is 20.5. The number of furan rings is 1. The van der Waals surface area contributed by atoms with Gasteiger partial charge in [-0.25, -0.2) is 19.9 Å². The van der Waals surface area contributed by atoms with E-state index >= 15 is 0 Å². The van der Waals surface area contributed by atoms with Crippen LogP contribution in [0.2, 0.25) is 0 Å². The Balaban J connectivity index is 0.000000109. The van der Waals surface area contributed by atoms with Gasteiger partial charge in [0.25, 0.3) is 0 Å². The second-order valence-electron chi connectivity index (χ2n) is 34.7. The van der Waals surface area contributed by atoms with E-state index < -0.39 is 0 Å². The van der Waals surface area contributed by atoms with Crippen LogP contribution in [0.5, 0.6) is 0 Å². The van der Waals surface area contributed by atoms with Gasteiger partial charge in [0.05, 0.1) is 66.4 Å². The molecule has 0 amide bonds. The normalized spacial score (nSPS) is 12.2. The monoisotopic (exact) mass is 1690 g/mol. The maximum absolute atomic E-state index is 6.50. The van der Waals surface area contributed by atoms with Crippen molar-refractivity contribution < 1.29 is 4.42 Å².